The summed E-state index contributed by atoms with van der Waals surface area (Å²) in [7, 11) is 3.45. The van der Waals surface area contributed by atoms with E-state index in [1.54, 1.807) is 26.4 Å². The van der Waals surface area contributed by atoms with Crippen LogP contribution in [0, 0.1) is 0 Å². The molecule has 2 heterocycles. The van der Waals surface area contributed by atoms with E-state index in [0.717, 1.165) is 125 Å². The molecule has 278 valence electrons. The van der Waals surface area contributed by atoms with Gasteiger partial charge in [0.25, 0.3) is 0 Å². The molecule has 10 nitrogen and oxygen atoms in total. The van der Waals surface area contributed by atoms with E-state index in [1.165, 1.54) is 0 Å². The SMILES string of the molecule is COc1ccccc1N1CCN(CCCCNC(=O)/C=C/c2ccc(/C=C/C(=O)NCCCCN3CCN(c4ccccc4OC)CC3)cc2)CC1. The molecule has 3 aromatic rings. The van der Waals surface area contributed by atoms with Gasteiger partial charge < -0.3 is 29.9 Å². The van der Waals surface area contributed by atoms with Gasteiger partial charge in [0.05, 0.1) is 25.6 Å². The maximum Gasteiger partial charge on any atom is 0.243 e. The highest BCUT2D eigenvalue weighted by Crippen LogP contribution is 2.29. The lowest BCUT2D eigenvalue weighted by molar-refractivity contribution is -0.117. The van der Waals surface area contributed by atoms with Crippen LogP contribution in [0.4, 0.5) is 11.4 Å². The van der Waals surface area contributed by atoms with Gasteiger partial charge in [0.15, 0.2) is 0 Å². The maximum atomic E-state index is 12.3. The Hall–Kier alpha value is -4.80. The minimum atomic E-state index is -0.0854. The number of methoxy groups -OCH3 is 2. The summed E-state index contributed by atoms with van der Waals surface area (Å²) in [5.41, 5.74) is 4.20. The van der Waals surface area contributed by atoms with Crippen molar-refractivity contribution < 1.29 is 19.1 Å². The fraction of sp³-hybridized carbons (Fsp3) is 0.429. The van der Waals surface area contributed by atoms with Crippen LogP contribution in [0.5, 0.6) is 11.5 Å². The van der Waals surface area contributed by atoms with E-state index in [2.05, 4.69) is 54.5 Å². The lowest BCUT2D eigenvalue weighted by atomic mass is 10.1. The molecule has 2 N–H and O–H groups in total. The Morgan fingerprint density at radius 2 is 0.942 bits per heavy atom. The van der Waals surface area contributed by atoms with E-state index in [1.807, 2.05) is 60.7 Å². The average Bonchev–Trinajstić information content (AvgIpc) is 3.20. The Morgan fingerprint density at radius 1 is 0.558 bits per heavy atom. The molecule has 2 saturated heterocycles. The van der Waals surface area contributed by atoms with Crippen LogP contribution < -0.4 is 29.9 Å². The van der Waals surface area contributed by atoms with Crippen LogP contribution in [-0.4, -0.2) is 114 Å². The monoisotopic (exact) mass is 708 g/mol. The van der Waals surface area contributed by atoms with Gasteiger partial charge in [-0.15, -0.1) is 0 Å². The first-order valence-corrected chi connectivity index (χ1v) is 18.7. The average molecular weight is 709 g/mol. The molecule has 2 amide bonds. The number of carbonyl (C=O) groups is 2. The maximum absolute atomic E-state index is 12.3. The van der Waals surface area contributed by atoms with Crippen molar-refractivity contribution >= 4 is 35.3 Å². The second-order valence-corrected chi connectivity index (χ2v) is 13.3. The number of carbonyl (C=O) groups excluding carboxylic acids is 2. The smallest absolute Gasteiger partial charge is 0.243 e. The molecular formula is C42H56N6O4. The number of anilines is 2. The highest BCUT2D eigenvalue weighted by molar-refractivity contribution is 5.92. The first-order chi connectivity index (χ1) is 25.5. The number of para-hydroxylation sites is 4. The van der Waals surface area contributed by atoms with E-state index in [-0.39, 0.29) is 11.8 Å². The number of hydrogen-bond acceptors (Lipinski definition) is 8. The normalized spacial score (nSPS) is 15.7. The Bertz CT molecular complexity index is 1480. The summed E-state index contributed by atoms with van der Waals surface area (Å²) >= 11 is 0. The van der Waals surface area contributed by atoms with Crippen LogP contribution in [0.1, 0.15) is 36.8 Å². The van der Waals surface area contributed by atoms with Crippen molar-refractivity contribution in [3.05, 3.63) is 96.1 Å². The molecule has 0 unspecified atom stereocenters. The molecule has 0 saturated carbocycles. The second kappa shape index (κ2) is 20.9. The van der Waals surface area contributed by atoms with Gasteiger partial charge in [0.2, 0.25) is 11.8 Å². The zero-order valence-electron chi connectivity index (χ0n) is 31.0. The number of rotatable bonds is 18. The van der Waals surface area contributed by atoms with Crippen LogP contribution in [0.2, 0.25) is 0 Å². The van der Waals surface area contributed by atoms with Crippen molar-refractivity contribution in [3.8, 4) is 11.5 Å². The highest BCUT2D eigenvalue weighted by Gasteiger charge is 2.20. The fourth-order valence-electron chi connectivity index (χ4n) is 6.73. The zero-order chi connectivity index (χ0) is 36.4. The molecule has 0 radical (unpaired) electrons. The standard InChI is InChI=1S/C42H56N6O4/c1-51-39-13-5-3-11-37(39)47-31-27-45(28-32-47)25-9-7-23-43-41(49)21-19-35-15-17-36(18-16-35)20-22-42(50)44-24-8-10-26-46-29-33-48(34-30-46)38-12-4-6-14-40(38)52-2/h3-6,11-22H,7-10,23-34H2,1-2H3,(H,43,49)(H,44,50)/b21-19+,22-20+. The molecule has 0 spiro atoms. The Balaban J connectivity index is 0.881. The summed E-state index contributed by atoms with van der Waals surface area (Å²) in [5.74, 6) is 1.68. The van der Waals surface area contributed by atoms with Crippen LogP contribution in [0.25, 0.3) is 12.2 Å². The van der Waals surface area contributed by atoms with E-state index < -0.39 is 0 Å². The summed E-state index contributed by atoms with van der Waals surface area (Å²) in [4.78, 5) is 34.5. The van der Waals surface area contributed by atoms with Gasteiger partial charge in [-0.05, 0) is 86.3 Å². The Labute approximate surface area is 310 Å². The lowest BCUT2D eigenvalue weighted by Crippen LogP contribution is -2.46. The van der Waals surface area contributed by atoms with Crippen LogP contribution in [0.3, 0.4) is 0 Å². The predicted molar refractivity (Wildman–Crippen MR) is 212 cm³/mol. The van der Waals surface area contributed by atoms with E-state index in [9.17, 15) is 9.59 Å². The van der Waals surface area contributed by atoms with Crippen LogP contribution in [-0.2, 0) is 9.59 Å². The summed E-state index contributed by atoms with van der Waals surface area (Å²) in [6, 6.07) is 24.2. The number of hydrogen-bond donors (Lipinski definition) is 2. The molecule has 5 rings (SSSR count). The first kappa shape index (κ1) is 38.4. The molecular weight excluding hydrogens is 653 g/mol. The molecule has 2 aliphatic rings. The van der Waals surface area contributed by atoms with Crippen molar-refractivity contribution in [2.45, 2.75) is 25.7 Å². The lowest BCUT2D eigenvalue weighted by Gasteiger charge is -2.36. The molecule has 0 bridgehead atoms. The van der Waals surface area contributed by atoms with E-state index in [4.69, 9.17) is 9.47 Å². The third-order valence-electron chi connectivity index (χ3n) is 9.79. The number of benzene rings is 3. The highest BCUT2D eigenvalue weighted by atomic mass is 16.5. The molecule has 2 fully saturated rings. The Kier molecular flexibility index (Phi) is 15.4. The second-order valence-electron chi connectivity index (χ2n) is 13.3. The van der Waals surface area contributed by atoms with Gasteiger partial charge >= 0.3 is 0 Å². The van der Waals surface area contributed by atoms with E-state index in [0.29, 0.717) is 13.1 Å². The number of amides is 2. The van der Waals surface area contributed by atoms with Crippen molar-refractivity contribution in [2.75, 3.05) is 103 Å². The molecule has 0 aromatic heterocycles. The molecule has 3 aromatic carbocycles. The van der Waals surface area contributed by atoms with Gasteiger partial charge in [-0.3, -0.25) is 19.4 Å². The minimum absolute atomic E-state index is 0.0854. The summed E-state index contributed by atoms with van der Waals surface area (Å²) in [6.45, 7) is 11.5. The zero-order valence-corrected chi connectivity index (χ0v) is 31.0. The Morgan fingerprint density at radius 3 is 1.33 bits per heavy atom. The summed E-state index contributed by atoms with van der Waals surface area (Å²) in [5, 5.41) is 6.00. The number of piperazine rings is 2. The topological polar surface area (TPSA) is 89.6 Å². The van der Waals surface area contributed by atoms with Gasteiger partial charge in [-0.2, -0.15) is 0 Å². The molecule has 0 atom stereocenters. The summed E-state index contributed by atoms with van der Waals surface area (Å²) < 4.78 is 11.1. The molecule has 52 heavy (non-hydrogen) atoms. The van der Waals surface area contributed by atoms with Gasteiger partial charge in [0.1, 0.15) is 11.5 Å². The third kappa shape index (κ3) is 12.2. The van der Waals surface area contributed by atoms with Crippen LogP contribution in [0.15, 0.2) is 84.9 Å². The number of nitrogens with zero attached hydrogens (tertiary/aromatic N) is 4. The number of unbranched alkanes of at least 4 members (excludes halogenated alkanes) is 2. The van der Waals surface area contributed by atoms with Crippen molar-refractivity contribution in [2.24, 2.45) is 0 Å². The molecule has 0 aliphatic carbocycles. The number of ether oxygens (including phenoxy) is 2. The van der Waals surface area contributed by atoms with Crippen LogP contribution >= 0.6 is 0 Å². The quantitative estimate of drug-likeness (QED) is 0.138. The molecule has 10 heteroatoms. The van der Waals surface area contributed by atoms with Gasteiger partial charge in [0, 0.05) is 77.6 Å². The van der Waals surface area contributed by atoms with Gasteiger partial charge in [-0.1, -0.05) is 48.5 Å². The van der Waals surface area contributed by atoms with E-state index >= 15 is 0 Å². The predicted octanol–water partition coefficient (Wildman–Crippen LogP) is 5.17. The molecule has 2 aliphatic heterocycles. The van der Waals surface area contributed by atoms with Gasteiger partial charge in [-0.25, -0.2) is 0 Å². The van der Waals surface area contributed by atoms with Crippen molar-refractivity contribution in [1.29, 1.82) is 0 Å². The fourth-order valence-corrected chi connectivity index (χ4v) is 6.73. The third-order valence-corrected chi connectivity index (χ3v) is 9.79. The minimum Gasteiger partial charge on any atom is -0.495 e. The van der Waals surface area contributed by atoms with Crippen molar-refractivity contribution in [3.63, 3.8) is 0 Å². The number of nitrogens with one attached hydrogen (secondary N) is 2. The summed E-state index contributed by atoms with van der Waals surface area (Å²) in [6.07, 6.45) is 10.8. The van der Waals surface area contributed by atoms with Crippen molar-refractivity contribution in [1.82, 2.24) is 20.4 Å². The largest absolute Gasteiger partial charge is 0.495 e. The first-order valence-electron chi connectivity index (χ1n) is 18.7.